The fraction of sp³-hybridized carbons (Fsp3) is 0.462. The number of ether oxygens (including phenoxy) is 1. The standard InChI is InChI=1S/C26H34N2O5Si/c1-6-31-34(5,32-7-2)18-10-17-27-23-12-9-8-11-22(23)25(3,4)26(27)16-15-20-19-21(28(29)30)13-14-24(20)33-26/h8-9,11-16,19H,6-7,10,17-18H2,1-5H3. The molecule has 1 atom stereocenters. The van der Waals surface area contributed by atoms with Crippen molar-refractivity contribution in [3.05, 3.63) is 69.8 Å². The first-order chi connectivity index (χ1) is 16.2. The third-order valence-electron chi connectivity index (χ3n) is 7.04. The molecule has 0 saturated carbocycles. The van der Waals surface area contributed by atoms with Crippen LogP contribution in [0.5, 0.6) is 5.75 Å². The van der Waals surface area contributed by atoms with E-state index in [1.165, 1.54) is 11.6 Å². The summed E-state index contributed by atoms with van der Waals surface area (Å²) in [5.74, 6) is 0.654. The zero-order chi connectivity index (χ0) is 24.6. The second kappa shape index (κ2) is 9.17. The van der Waals surface area contributed by atoms with Gasteiger partial charge in [-0.1, -0.05) is 18.2 Å². The molecule has 0 amide bonds. The van der Waals surface area contributed by atoms with E-state index in [2.05, 4.69) is 55.6 Å². The van der Waals surface area contributed by atoms with E-state index in [4.69, 9.17) is 13.6 Å². The van der Waals surface area contributed by atoms with Crippen LogP contribution in [0.15, 0.2) is 48.5 Å². The highest BCUT2D eigenvalue weighted by molar-refractivity contribution is 6.66. The van der Waals surface area contributed by atoms with Gasteiger partial charge in [0, 0.05) is 43.1 Å². The summed E-state index contributed by atoms with van der Waals surface area (Å²) in [6.07, 6.45) is 4.94. The van der Waals surface area contributed by atoms with Crippen LogP contribution >= 0.6 is 0 Å². The monoisotopic (exact) mass is 482 g/mol. The Morgan fingerprint density at radius 3 is 2.50 bits per heavy atom. The zero-order valence-corrected chi connectivity index (χ0v) is 21.7. The molecule has 0 bridgehead atoms. The minimum Gasteiger partial charge on any atom is -0.463 e. The van der Waals surface area contributed by atoms with Gasteiger partial charge >= 0.3 is 8.56 Å². The lowest BCUT2D eigenvalue weighted by Crippen LogP contribution is -2.59. The number of non-ortho nitro benzene ring substituents is 1. The number of benzene rings is 2. The average Bonchev–Trinajstić information content (AvgIpc) is 2.97. The van der Waals surface area contributed by atoms with Crippen LogP contribution in [0, 0.1) is 10.1 Å². The molecule has 182 valence electrons. The third kappa shape index (κ3) is 4.04. The molecule has 34 heavy (non-hydrogen) atoms. The van der Waals surface area contributed by atoms with E-state index in [0.717, 1.165) is 30.3 Å². The van der Waals surface area contributed by atoms with Crippen LogP contribution in [0.1, 0.15) is 45.2 Å². The molecule has 4 rings (SSSR count). The summed E-state index contributed by atoms with van der Waals surface area (Å²) in [6.45, 7) is 12.6. The Labute approximate surface area is 202 Å². The van der Waals surface area contributed by atoms with Gasteiger partial charge in [0.15, 0.2) is 0 Å². The highest BCUT2D eigenvalue weighted by Crippen LogP contribution is 2.55. The van der Waals surface area contributed by atoms with Gasteiger partial charge in [0.2, 0.25) is 5.72 Å². The van der Waals surface area contributed by atoms with Crippen molar-refractivity contribution in [1.29, 1.82) is 0 Å². The molecule has 0 aromatic heterocycles. The molecule has 0 fully saturated rings. The maximum absolute atomic E-state index is 11.2. The van der Waals surface area contributed by atoms with Crippen LogP contribution < -0.4 is 9.64 Å². The summed E-state index contributed by atoms with van der Waals surface area (Å²) in [5.41, 5.74) is 2.07. The first kappa shape index (κ1) is 24.4. The fourth-order valence-electron chi connectivity index (χ4n) is 5.35. The van der Waals surface area contributed by atoms with E-state index >= 15 is 0 Å². The number of nitro benzene ring substituents is 1. The van der Waals surface area contributed by atoms with Crippen molar-refractivity contribution in [2.45, 2.75) is 57.8 Å². The number of hydrogen-bond donors (Lipinski definition) is 0. The summed E-state index contributed by atoms with van der Waals surface area (Å²) in [7, 11) is -2.23. The molecule has 0 radical (unpaired) electrons. The Kier molecular flexibility index (Phi) is 6.59. The molecule has 0 N–H and O–H groups in total. The SMILES string of the molecule is CCO[Si](C)(CCCN1c2ccccc2C(C)(C)C12C=Cc1cc([N+](=O)[O-])ccc1O2)OCC. The Hall–Kier alpha value is -2.68. The van der Waals surface area contributed by atoms with Crippen LogP contribution in [0.3, 0.4) is 0 Å². The number of fused-ring (bicyclic) bond motifs is 2. The Morgan fingerprint density at radius 1 is 1.12 bits per heavy atom. The van der Waals surface area contributed by atoms with Crippen LogP contribution in [0.25, 0.3) is 6.08 Å². The molecule has 7 nitrogen and oxygen atoms in total. The molecule has 2 aliphatic rings. The largest absolute Gasteiger partial charge is 0.463 e. The summed E-state index contributed by atoms with van der Waals surface area (Å²) < 4.78 is 18.9. The van der Waals surface area contributed by atoms with Gasteiger partial charge in [-0.3, -0.25) is 10.1 Å². The lowest BCUT2D eigenvalue weighted by molar-refractivity contribution is -0.384. The third-order valence-corrected chi connectivity index (χ3v) is 10.1. The Morgan fingerprint density at radius 2 is 1.82 bits per heavy atom. The highest BCUT2D eigenvalue weighted by Gasteiger charge is 2.58. The number of para-hydroxylation sites is 1. The maximum Gasteiger partial charge on any atom is 0.334 e. The molecular formula is C26H34N2O5Si. The molecule has 2 aromatic carbocycles. The van der Waals surface area contributed by atoms with Crippen molar-refractivity contribution in [1.82, 2.24) is 0 Å². The molecule has 2 aromatic rings. The van der Waals surface area contributed by atoms with Gasteiger partial charge < -0.3 is 18.5 Å². The number of rotatable bonds is 9. The predicted octanol–water partition coefficient (Wildman–Crippen LogP) is 6.03. The van der Waals surface area contributed by atoms with Gasteiger partial charge in [-0.15, -0.1) is 0 Å². The van der Waals surface area contributed by atoms with Gasteiger partial charge in [0.25, 0.3) is 5.69 Å². The maximum atomic E-state index is 11.2. The zero-order valence-electron chi connectivity index (χ0n) is 20.7. The van der Waals surface area contributed by atoms with Gasteiger partial charge in [-0.2, -0.15) is 0 Å². The van der Waals surface area contributed by atoms with Gasteiger partial charge in [0.1, 0.15) is 5.75 Å². The predicted molar refractivity (Wildman–Crippen MR) is 137 cm³/mol. The molecule has 0 aliphatic carbocycles. The van der Waals surface area contributed by atoms with Gasteiger partial charge in [-0.25, -0.2) is 0 Å². The minimum absolute atomic E-state index is 0.0601. The fourth-order valence-corrected chi connectivity index (χ4v) is 7.74. The van der Waals surface area contributed by atoms with Crippen molar-refractivity contribution >= 4 is 26.0 Å². The summed E-state index contributed by atoms with van der Waals surface area (Å²) >= 11 is 0. The van der Waals surface area contributed by atoms with Crippen LogP contribution in [-0.4, -0.2) is 39.0 Å². The smallest absolute Gasteiger partial charge is 0.334 e. The Bertz CT molecular complexity index is 1100. The number of hydrogen-bond acceptors (Lipinski definition) is 6. The topological polar surface area (TPSA) is 74.1 Å². The van der Waals surface area contributed by atoms with Crippen LogP contribution in [-0.2, 0) is 14.3 Å². The highest BCUT2D eigenvalue weighted by atomic mass is 28.4. The normalized spacial score (nSPS) is 20.2. The number of nitrogens with zero attached hydrogens (tertiary/aromatic N) is 2. The molecule has 8 heteroatoms. The molecule has 1 spiro atoms. The molecule has 2 aliphatic heterocycles. The molecule has 0 saturated heterocycles. The van der Waals surface area contributed by atoms with Crippen molar-refractivity contribution < 1.29 is 18.5 Å². The van der Waals surface area contributed by atoms with Crippen molar-refractivity contribution in [3.8, 4) is 5.75 Å². The average molecular weight is 483 g/mol. The van der Waals surface area contributed by atoms with E-state index in [-0.39, 0.29) is 16.0 Å². The van der Waals surface area contributed by atoms with Gasteiger partial charge in [-0.05, 0) is 76.6 Å². The van der Waals surface area contributed by atoms with E-state index in [0.29, 0.717) is 19.0 Å². The number of anilines is 1. The van der Waals surface area contributed by atoms with E-state index in [1.54, 1.807) is 12.1 Å². The van der Waals surface area contributed by atoms with Crippen LogP contribution in [0.4, 0.5) is 11.4 Å². The van der Waals surface area contributed by atoms with Crippen molar-refractivity contribution in [2.75, 3.05) is 24.7 Å². The lowest BCUT2D eigenvalue weighted by Gasteiger charge is -2.47. The molecule has 2 heterocycles. The van der Waals surface area contributed by atoms with Crippen LogP contribution in [0.2, 0.25) is 12.6 Å². The van der Waals surface area contributed by atoms with E-state index in [1.807, 2.05) is 19.9 Å². The minimum atomic E-state index is -2.23. The van der Waals surface area contributed by atoms with Gasteiger partial charge in [0.05, 0.1) is 10.3 Å². The molecule has 1 unspecified atom stereocenters. The summed E-state index contributed by atoms with van der Waals surface area (Å²) in [4.78, 5) is 13.2. The van der Waals surface area contributed by atoms with Crippen molar-refractivity contribution in [2.24, 2.45) is 0 Å². The summed E-state index contributed by atoms with van der Waals surface area (Å²) in [5, 5.41) is 11.2. The van der Waals surface area contributed by atoms with E-state index in [9.17, 15) is 10.1 Å². The Balaban J connectivity index is 1.68. The second-order valence-electron chi connectivity index (χ2n) is 9.51. The first-order valence-corrected chi connectivity index (χ1v) is 14.5. The van der Waals surface area contributed by atoms with E-state index < -0.39 is 14.3 Å². The van der Waals surface area contributed by atoms with Crippen molar-refractivity contribution in [3.63, 3.8) is 0 Å². The second-order valence-corrected chi connectivity index (χ2v) is 12.9. The first-order valence-electron chi connectivity index (χ1n) is 12.0. The quantitative estimate of drug-likeness (QED) is 0.247. The number of nitro groups is 1. The summed E-state index contributed by atoms with van der Waals surface area (Å²) in [6, 6.07) is 14.1. The lowest BCUT2D eigenvalue weighted by atomic mass is 9.76. The molecular weight excluding hydrogens is 448 g/mol.